The highest BCUT2D eigenvalue weighted by atomic mass is 32.2. The maximum atomic E-state index is 13.2. The Balaban J connectivity index is 1.73. The standard InChI is InChI=1S/C21H25N3O2S/c1-16-21(27(25,26)23-13-6-3-7-14-23)17(2)24(22-16)15-19-11-8-10-18-9-4-5-12-20(18)19/h4-5,8-12H,3,6-7,13-15H2,1-2H3. The number of aromatic nitrogens is 2. The molecule has 2 aromatic carbocycles. The fourth-order valence-corrected chi connectivity index (χ4v) is 5.92. The van der Waals surface area contributed by atoms with Crippen LogP contribution in [0.1, 0.15) is 36.2 Å². The van der Waals surface area contributed by atoms with Crippen molar-refractivity contribution in [2.75, 3.05) is 13.1 Å². The molecule has 1 aliphatic heterocycles. The third-order valence-corrected chi connectivity index (χ3v) is 7.58. The maximum absolute atomic E-state index is 13.2. The number of sulfonamides is 1. The quantitative estimate of drug-likeness (QED) is 0.687. The summed E-state index contributed by atoms with van der Waals surface area (Å²) in [4.78, 5) is 0.379. The number of benzene rings is 2. The van der Waals surface area contributed by atoms with E-state index in [1.165, 1.54) is 10.8 Å². The molecule has 2 heterocycles. The molecule has 1 fully saturated rings. The van der Waals surface area contributed by atoms with Gasteiger partial charge in [-0.05, 0) is 43.0 Å². The van der Waals surface area contributed by atoms with Crippen molar-refractivity contribution >= 4 is 20.8 Å². The van der Waals surface area contributed by atoms with Crippen LogP contribution < -0.4 is 0 Å². The van der Waals surface area contributed by atoms with Gasteiger partial charge in [0.2, 0.25) is 10.0 Å². The van der Waals surface area contributed by atoms with Gasteiger partial charge < -0.3 is 0 Å². The fourth-order valence-electron chi connectivity index (χ4n) is 4.03. The Morgan fingerprint density at radius 3 is 2.44 bits per heavy atom. The highest BCUT2D eigenvalue weighted by Crippen LogP contribution is 2.27. The lowest BCUT2D eigenvalue weighted by molar-refractivity contribution is 0.346. The Morgan fingerprint density at radius 1 is 0.963 bits per heavy atom. The number of nitrogens with zero attached hydrogens (tertiary/aromatic N) is 3. The monoisotopic (exact) mass is 383 g/mol. The molecule has 5 nitrogen and oxygen atoms in total. The summed E-state index contributed by atoms with van der Waals surface area (Å²) in [5.41, 5.74) is 2.44. The van der Waals surface area contributed by atoms with E-state index in [1.807, 2.05) is 29.8 Å². The first-order valence-electron chi connectivity index (χ1n) is 9.49. The Bertz CT molecular complexity index is 1070. The van der Waals surface area contributed by atoms with Crippen LogP contribution >= 0.6 is 0 Å². The zero-order chi connectivity index (χ0) is 19.0. The molecule has 0 N–H and O–H groups in total. The molecule has 3 aromatic rings. The van der Waals surface area contributed by atoms with Crippen molar-refractivity contribution in [1.29, 1.82) is 0 Å². The van der Waals surface area contributed by atoms with Crippen molar-refractivity contribution in [2.24, 2.45) is 0 Å². The molecule has 6 heteroatoms. The Kier molecular flexibility index (Phi) is 4.78. The van der Waals surface area contributed by atoms with E-state index in [9.17, 15) is 8.42 Å². The van der Waals surface area contributed by atoms with Crippen LogP contribution in [0.25, 0.3) is 10.8 Å². The molecule has 0 atom stereocenters. The van der Waals surface area contributed by atoms with Crippen LogP contribution in [0, 0.1) is 13.8 Å². The molecular formula is C21H25N3O2S. The summed E-state index contributed by atoms with van der Waals surface area (Å²) in [6, 6.07) is 14.4. The highest BCUT2D eigenvalue weighted by molar-refractivity contribution is 7.89. The van der Waals surface area contributed by atoms with E-state index in [4.69, 9.17) is 0 Å². The smallest absolute Gasteiger partial charge is 0.246 e. The van der Waals surface area contributed by atoms with Crippen LogP contribution in [0.2, 0.25) is 0 Å². The van der Waals surface area contributed by atoms with Crippen molar-refractivity contribution in [3.05, 3.63) is 59.4 Å². The summed E-state index contributed by atoms with van der Waals surface area (Å²) in [5, 5.41) is 6.94. The first-order valence-corrected chi connectivity index (χ1v) is 10.9. The number of rotatable bonds is 4. The van der Waals surface area contributed by atoms with Gasteiger partial charge in [-0.15, -0.1) is 0 Å². The first kappa shape index (κ1) is 18.2. The normalized spacial score (nSPS) is 16.1. The van der Waals surface area contributed by atoms with E-state index < -0.39 is 10.0 Å². The molecular weight excluding hydrogens is 358 g/mol. The molecule has 0 radical (unpaired) electrons. The Hall–Kier alpha value is -2.18. The van der Waals surface area contributed by atoms with Gasteiger partial charge in [-0.25, -0.2) is 8.42 Å². The molecule has 1 aromatic heterocycles. The molecule has 27 heavy (non-hydrogen) atoms. The number of aryl methyl sites for hydroxylation is 1. The minimum atomic E-state index is -3.49. The minimum Gasteiger partial charge on any atom is -0.264 e. The lowest BCUT2D eigenvalue weighted by Gasteiger charge is -2.26. The fraction of sp³-hybridized carbons (Fsp3) is 0.381. The predicted molar refractivity (Wildman–Crippen MR) is 107 cm³/mol. The Morgan fingerprint density at radius 2 is 1.67 bits per heavy atom. The lowest BCUT2D eigenvalue weighted by atomic mass is 10.0. The molecule has 0 amide bonds. The molecule has 0 saturated carbocycles. The van der Waals surface area contributed by atoms with E-state index in [0.29, 0.717) is 35.9 Å². The van der Waals surface area contributed by atoms with Crippen molar-refractivity contribution < 1.29 is 8.42 Å². The summed E-state index contributed by atoms with van der Waals surface area (Å²) in [6.07, 6.45) is 2.97. The summed E-state index contributed by atoms with van der Waals surface area (Å²) >= 11 is 0. The second-order valence-electron chi connectivity index (χ2n) is 7.26. The van der Waals surface area contributed by atoms with Gasteiger partial charge >= 0.3 is 0 Å². The zero-order valence-electron chi connectivity index (χ0n) is 15.9. The van der Waals surface area contributed by atoms with E-state index in [0.717, 1.165) is 24.8 Å². The number of fused-ring (bicyclic) bond motifs is 1. The van der Waals surface area contributed by atoms with Gasteiger partial charge in [0.15, 0.2) is 0 Å². The summed E-state index contributed by atoms with van der Waals surface area (Å²) in [5.74, 6) is 0. The summed E-state index contributed by atoms with van der Waals surface area (Å²) in [6.45, 7) is 5.43. The molecule has 1 aliphatic rings. The third-order valence-electron chi connectivity index (χ3n) is 5.43. The van der Waals surface area contributed by atoms with E-state index in [-0.39, 0.29) is 0 Å². The number of hydrogen-bond acceptors (Lipinski definition) is 3. The molecule has 142 valence electrons. The van der Waals surface area contributed by atoms with Crippen LogP contribution in [0.4, 0.5) is 0 Å². The van der Waals surface area contributed by atoms with Gasteiger partial charge in [0.25, 0.3) is 0 Å². The van der Waals surface area contributed by atoms with Crippen molar-refractivity contribution in [3.8, 4) is 0 Å². The lowest BCUT2D eigenvalue weighted by Crippen LogP contribution is -2.36. The third kappa shape index (κ3) is 3.28. The number of hydrogen-bond donors (Lipinski definition) is 0. The second kappa shape index (κ2) is 7.09. The van der Waals surface area contributed by atoms with Gasteiger partial charge in [0, 0.05) is 13.1 Å². The molecule has 4 rings (SSSR count). The minimum absolute atomic E-state index is 0.379. The summed E-state index contributed by atoms with van der Waals surface area (Å²) in [7, 11) is -3.49. The average molecular weight is 384 g/mol. The molecule has 0 spiro atoms. The van der Waals surface area contributed by atoms with Gasteiger partial charge in [-0.3, -0.25) is 4.68 Å². The molecule has 0 aliphatic carbocycles. The van der Waals surface area contributed by atoms with Crippen molar-refractivity contribution in [3.63, 3.8) is 0 Å². The SMILES string of the molecule is Cc1nn(Cc2cccc3ccccc23)c(C)c1S(=O)(=O)N1CCCCC1. The summed E-state index contributed by atoms with van der Waals surface area (Å²) < 4.78 is 29.8. The first-order chi connectivity index (χ1) is 13.0. The van der Waals surface area contributed by atoms with Crippen molar-refractivity contribution in [2.45, 2.75) is 44.6 Å². The Labute approximate surface area is 160 Å². The predicted octanol–water partition coefficient (Wildman–Crippen LogP) is 3.88. The van der Waals surface area contributed by atoms with Crippen LogP contribution in [-0.4, -0.2) is 35.6 Å². The molecule has 0 unspecified atom stereocenters. The van der Waals surface area contributed by atoms with Crippen LogP contribution in [0.5, 0.6) is 0 Å². The molecule has 0 bridgehead atoms. The van der Waals surface area contributed by atoms with Gasteiger partial charge in [0.05, 0.1) is 17.9 Å². The van der Waals surface area contributed by atoms with E-state index in [2.05, 4.69) is 29.4 Å². The zero-order valence-corrected chi connectivity index (χ0v) is 16.7. The second-order valence-corrected chi connectivity index (χ2v) is 9.14. The van der Waals surface area contributed by atoms with Crippen LogP contribution in [0.15, 0.2) is 47.4 Å². The highest BCUT2D eigenvalue weighted by Gasteiger charge is 2.31. The average Bonchev–Trinajstić information content (AvgIpc) is 2.96. The van der Waals surface area contributed by atoms with Crippen molar-refractivity contribution in [1.82, 2.24) is 14.1 Å². The maximum Gasteiger partial charge on any atom is 0.246 e. The van der Waals surface area contributed by atoms with Crippen LogP contribution in [0.3, 0.4) is 0 Å². The van der Waals surface area contributed by atoms with Gasteiger partial charge in [-0.2, -0.15) is 9.40 Å². The largest absolute Gasteiger partial charge is 0.264 e. The molecule has 1 saturated heterocycles. The number of piperidine rings is 1. The van der Waals surface area contributed by atoms with Gasteiger partial charge in [0.1, 0.15) is 4.90 Å². The van der Waals surface area contributed by atoms with Crippen LogP contribution in [-0.2, 0) is 16.6 Å². The van der Waals surface area contributed by atoms with E-state index in [1.54, 1.807) is 11.2 Å². The van der Waals surface area contributed by atoms with Gasteiger partial charge in [-0.1, -0.05) is 48.9 Å². The van der Waals surface area contributed by atoms with E-state index >= 15 is 0 Å². The topological polar surface area (TPSA) is 55.2 Å².